The van der Waals surface area contributed by atoms with E-state index in [4.69, 9.17) is 5.73 Å². The van der Waals surface area contributed by atoms with Gasteiger partial charge in [0.15, 0.2) is 0 Å². The van der Waals surface area contributed by atoms with Crippen molar-refractivity contribution in [2.45, 2.75) is 24.8 Å². The van der Waals surface area contributed by atoms with Crippen molar-refractivity contribution in [1.29, 1.82) is 0 Å². The van der Waals surface area contributed by atoms with Crippen LogP contribution in [-0.4, -0.2) is 19.5 Å². The molecular formula is C13H17N3OS. The molecule has 2 rings (SSSR count). The summed E-state index contributed by atoms with van der Waals surface area (Å²) in [5.41, 5.74) is 7.39. The average Bonchev–Trinajstić information content (AvgIpc) is 2.81. The molecule has 0 spiro atoms. The number of rotatable bonds is 5. The van der Waals surface area contributed by atoms with Gasteiger partial charge >= 0.3 is 0 Å². The second-order valence-corrected chi connectivity index (χ2v) is 5.77. The number of benzene rings is 1. The minimum absolute atomic E-state index is 0.656. The van der Waals surface area contributed by atoms with Gasteiger partial charge in [-0.25, -0.2) is 4.98 Å². The van der Waals surface area contributed by atoms with Crippen molar-refractivity contribution in [2.24, 2.45) is 0 Å². The van der Waals surface area contributed by atoms with Gasteiger partial charge in [0.1, 0.15) is 0 Å². The molecule has 2 N–H and O–H groups in total. The molecule has 18 heavy (non-hydrogen) atoms. The van der Waals surface area contributed by atoms with E-state index in [1.807, 2.05) is 29.8 Å². The highest BCUT2D eigenvalue weighted by molar-refractivity contribution is 7.85. The number of imidazole rings is 1. The fourth-order valence-corrected chi connectivity index (χ4v) is 3.08. The number of aromatic nitrogens is 2. The molecule has 0 bridgehead atoms. The Morgan fingerprint density at radius 3 is 2.94 bits per heavy atom. The monoisotopic (exact) mass is 263 g/mol. The number of hydrogen-bond donors (Lipinski definition) is 1. The summed E-state index contributed by atoms with van der Waals surface area (Å²) < 4.78 is 14.1. The smallest absolute Gasteiger partial charge is 0.0945 e. The Morgan fingerprint density at radius 2 is 2.28 bits per heavy atom. The van der Waals surface area contributed by atoms with E-state index in [0.717, 1.165) is 23.4 Å². The van der Waals surface area contributed by atoms with Gasteiger partial charge in [-0.2, -0.15) is 0 Å². The summed E-state index contributed by atoms with van der Waals surface area (Å²) in [4.78, 5) is 4.86. The Labute approximate surface area is 109 Å². The van der Waals surface area contributed by atoms with Crippen LogP contribution in [0.4, 0.5) is 5.69 Å². The Kier molecular flexibility index (Phi) is 4.15. The van der Waals surface area contributed by atoms with Gasteiger partial charge < -0.3 is 10.3 Å². The molecule has 0 saturated heterocycles. The van der Waals surface area contributed by atoms with E-state index in [9.17, 15) is 4.21 Å². The van der Waals surface area contributed by atoms with E-state index in [0.29, 0.717) is 11.4 Å². The third kappa shape index (κ3) is 3.20. The lowest BCUT2D eigenvalue weighted by molar-refractivity contribution is 0.657. The summed E-state index contributed by atoms with van der Waals surface area (Å²) in [6.07, 6.45) is 6.31. The van der Waals surface area contributed by atoms with Crippen LogP contribution in [0.15, 0.2) is 41.8 Å². The zero-order valence-corrected chi connectivity index (χ0v) is 11.2. The molecule has 0 aliphatic carbocycles. The highest BCUT2D eigenvalue weighted by Gasteiger charge is 2.07. The van der Waals surface area contributed by atoms with Crippen LogP contribution in [0.1, 0.15) is 12.0 Å². The number of hydrogen-bond acceptors (Lipinski definition) is 3. The summed E-state index contributed by atoms with van der Waals surface area (Å²) in [5, 5.41) is 0. The molecule has 0 saturated carbocycles. The Bertz CT molecular complexity index is 537. The summed E-state index contributed by atoms with van der Waals surface area (Å²) in [7, 11) is -0.954. The molecule has 0 aliphatic heterocycles. The zero-order valence-electron chi connectivity index (χ0n) is 10.4. The summed E-state index contributed by atoms with van der Waals surface area (Å²) in [5.74, 6) is 0.656. The number of nitrogens with zero attached hydrogens (tertiary/aromatic N) is 2. The van der Waals surface area contributed by atoms with Crippen LogP contribution in [0.25, 0.3) is 0 Å². The highest BCUT2D eigenvalue weighted by Crippen LogP contribution is 2.17. The van der Waals surface area contributed by atoms with Gasteiger partial charge in [-0.15, -0.1) is 0 Å². The molecule has 1 atom stereocenters. The molecule has 0 aliphatic rings. The van der Waals surface area contributed by atoms with Crippen molar-refractivity contribution in [3.63, 3.8) is 0 Å². The summed E-state index contributed by atoms with van der Waals surface area (Å²) >= 11 is 0. The predicted molar refractivity (Wildman–Crippen MR) is 73.7 cm³/mol. The predicted octanol–water partition coefficient (Wildman–Crippen LogP) is 1.97. The normalized spacial score (nSPS) is 12.5. The lowest BCUT2D eigenvalue weighted by atomic mass is 10.2. The zero-order chi connectivity index (χ0) is 13.0. The van der Waals surface area contributed by atoms with Crippen LogP contribution in [-0.2, 0) is 17.3 Å². The van der Waals surface area contributed by atoms with Crippen molar-refractivity contribution in [3.05, 3.63) is 42.5 Å². The van der Waals surface area contributed by atoms with Crippen molar-refractivity contribution < 1.29 is 4.21 Å². The van der Waals surface area contributed by atoms with Crippen LogP contribution in [0, 0.1) is 6.92 Å². The molecule has 2 aromatic rings. The second kappa shape index (κ2) is 5.82. The standard InChI is InChI=1S/C13H17N3OS/c1-11-9-12(14)3-4-13(11)18(17)8-2-6-16-7-5-15-10-16/h3-5,7,9-10H,2,6,8,14H2,1H3. The molecule has 5 heteroatoms. The first-order valence-electron chi connectivity index (χ1n) is 5.87. The third-order valence-electron chi connectivity index (χ3n) is 2.75. The van der Waals surface area contributed by atoms with Crippen LogP contribution in [0.5, 0.6) is 0 Å². The minimum Gasteiger partial charge on any atom is -0.399 e. The van der Waals surface area contributed by atoms with Crippen LogP contribution in [0.3, 0.4) is 0 Å². The van der Waals surface area contributed by atoms with Crippen LogP contribution >= 0.6 is 0 Å². The maximum Gasteiger partial charge on any atom is 0.0945 e. The van der Waals surface area contributed by atoms with Gasteiger partial charge in [0.05, 0.1) is 17.1 Å². The van der Waals surface area contributed by atoms with E-state index < -0.39 is 10.8 Å². The number of anilines is 1. The Balaban J connectivity index is 1.91. The third-order valence-corrected chi connectivity index (χ3v) is 4.36. The van der Waals surface area contributed by atoms with Gasteiger partial charge in [-0.1, -0.05) is 0 Å². The largest absolute Gasteiger partial charge is 0.399 e. The lowest BCUT2D eigenvalue weighted by Gasteiger charge is -2.07. The number of aryl methyl sites for hydroxylation is 2. The van der Waals surface area contributed by atoms with E-state index in [1.54, 1.807) is 18.6 Å². The van der Waals surface area contributed by atoms with Gasteiger partial charge in [0.2, 0.25) is 0 Å². The van der Waals surface area contributed by atoms with Gasteiger partial charge in [0.25, 0.3) is 0 Å². The molecule has 0 fully saturated rings. The van der Waals surface area contributed by atoms with Crippen LogP contribution < -0.4 is 5.73 Å². The number of nitrogens with two attached hydrogens (primary N) is 1. The fraction of sp³-hybridized carbons (Fsp3) is 0.308. The van der Waals surface area contributed by atoms with Gasteiger partial charge in [0, 0.05) is 35.3 Å². The summed E-state index contributed by atoms with van der Waals surface area (Å²) in [6.45, 7) is 2.79. The molecule has 1 aromatic heterocycles. The first kappa shape index (κ1) is 12.8. The molecule has 1 heterocycles. The van der Waals surface area contributed by atoms with Crippen molar-refractivity contribution >= 4 is 16.5 Å². The second-order valence-electron chi connectivity index (χ2n) is 4.23. The van der Waals surface area contributed by atoms with E-state index >= 15 is 0 Å². The molecule has 0 amide bonds. The Hall–Kier alpha value is -1.62. The fourth-order valence-electron chi connectivity index (χ4n) is 1.84. The lowest BCUT2D eigenvalue weighted by Crippen LogP contribution is -2.04. The first-order chi connectivity index (χ1) is 8.66. The molecule has 0 radical (unpaired) electrons. The molecule has 1 unspecified atom stereocenters. The van der Waals surface area contributed by atoms with Gasteiger partial charge in [-0.3, -0.25) is 4.21 Å². The van der Waals surface area contributed by atoms with Crippen molar-refractivity contribution in [2.75, 3.05) is 11.5 Å². The average molecular weight is 263 g/mol. The van der Waals surface area contributed by atoms with E-state index in [1.165, 1.54) is 0 Å². The van der Waals surface area contributed by atoms with Crippen molar-refractivity contribution in [3.8, 4) is 0 Å². The van der Waals surface area contributed by atoms with E-state index in [2.05, 4.69) is 4.98 Å². The van der Waals surface area contributed by atoms with E-state index in [-0.39, 0.29) is 0 Å². The summed E-state index contributed by atoms with van der Waals surface area (Å²) in [6, 6.07) is 5.52. The highest BCUT2D eigenvalue weighted by atomic mass is 32.2. The SMILES string of the molecule is Cc1cc(N)ccc1S(=O)CCCn1ccnc1. The quantitative estimate of drug-likeness (QED) is 0.839. The maximum atomic E-state index is 12.2. The molecular weight excluding hydrogens is 246 g/mol. The molecule has 4 nitrogen and oxygen atoms in total. The maximum absolute atomic E-state index is 12.2. The topological polar surface area (TPSA) is 60.9 Å². The van der Waals surface area contributed by atoms with Crippen molar-refractivity contribution in [1.82, 2.24) is 9.55 Å². The molecule has 1 aromatic carbocycles. The molecule has 96 valence electrons. The first-order valence-corrected chi connectivity index (χ1v) is 7.19. The van der Waals surface area contributed by atoms with Crippen LogP contribution in [0.2, 0.25) is 0 Å². The number of nitrogen functional groups attached to an aromatic ring is 1. The Morgan fingerprint density at radius 1 is 1.44 bits per heavy atom. The van der Waals surface area contributed by atoms with Gasteiger partial charge in [-0.05, 0) is 37.1 Å². The minimum atomic E-state index is -0.954.